The number of aromatic nitrogens is 1. The summed E-state index contributed by atoms with van der Waals surface area (Å²) in [7, 11) is 0. The van der Waals surface area contributed by atoms with E-state index >= 15 is 0 Å². The number of hydrogen-bond acceptors (Lipinski definition) is 5. The van der Waals surface area contributed by atoms with Crippen molar-refractivity contribution in [3.8, 4) is 22.6 Å². The molecule has 1 N–H and O–H groups in total. The van der Waals surface area contributed by atoms with Crippen LogP contribution in [0.2, 0.25) is 0 Å². The maximum Gasteiger partial charge on any atom is 0.217 e. The van der Waals surface area contributed by atoms with Gasteiger partial charge in [-0.3, -0.25) is 9.78 Å². The normalized spacial score (nSPS) is 11.3. The number of benzene rings is 3. The number of hydrogen-bond donors (Lipinski definition) is 1. The largest absolute Gasteiger partial charge is 0.512 e. The number of furan rings is 2. The van der Waals surface area contributed by atoms with Crippen LogP contribution in [0.5, 0.6) is 0 Å². The number of carbonyl (C=O) groups is 1. The van der Waals surface area contributed by atoms with Crippen molar-refractivity contribution >= 4 is 38.8 Å². The van der Waals surface area contributed by atoms with E-state index in [1.54, 1.807) is 12.1 Å². The van der Waals surface area contributed by atoms with Gasteiger partial charge in [-0.2, -0.15) is 0 Å². The fourth-order valence-corrected chi connectivity index (χ4v) is 3.99. The summed E-state index contributed by atoms with van der Waals surface area (Å²) in [5.74, 6) is 0.308. The summed E-state index contributed by atoms with van der Waals surface area (Å²) >= 11 is 0. The molecule has 6 rings (SSSR count). The van der Waals surface area contributed by atoms with Crippen LogP contribution in [0.4, 0.5) is 4.39 Å². The number of aliphatic hydroxyl groups excluding tert-OH is 1. The van der Waals surface area contributed by atoms with Gasteiger partial charge in [0.15, 0.2) is 5.78 Å². The molecule has 7 heteroatoms. The average molecular weight is 671 g/mol. The van der Waals surface area contributed by atoms with Gasteiger partial charge in [-0.15, -0.1) is 18.2 Å². The third kappa shape index (κ3) is 5.53. The number of nitrogens with zero attached hydrogens (tertiary/aromatic N) is 1. The Labute approximate surface area is 225 Å². The molecular formula is C30H21FIrNO4-. The summed E-state index contributed by atoms with van der Waals surface area (Å²) in [6, 6.07) is 27.1. The van der Waals surface area contributed by atoms with Crippen molar-refractivity contribution in [2.75, 3.05) is 0 Å². The van der Waals surface area contributed by atoms with Crippen LogP contribution in [-0.2, 0) is 24.9 Å². The zero-order chi connectivity index (χ0) is 25.2. The van der Waals surface area contributed by atoms with E-state index in [4.69, 9.17) is 18.9 Å². The molecule has 3 aromatic carbocycles. The number of fused-ring (bicyclic) bond motifs is 4. The van der Waals surface area contributed by atoms with Crippen LogP contribution in [0.15, 0.2) is 99.5 Å². The summed E-state index contributed by atoms with van der Waals surface area (Å²) in [5, 5.41) is 11.3. The van der Waals surface area contributed by atoms with Gasteiger partial charge >= 0.3 is 0 Å². The molecule has 0 saturated heterocycles. The van der Waals surface area contributed by atoms with Gasteiger partial charge in [0.05, 0.1) is 11.3 Å². The van der Waals surface area contributed by atoms with Gasteiger partial charge < -0.3 is 13.9 Å². The Kier molecular flexibility index (Phi) is 7.67. The van der Waals surface area contributed by atoms with E-state index in [9.17, 15) is 9.18 Å². The molecule has 3 aromatic heterocycles. The molecule has 6 aromatic rings. The van der Waals surface area contributed by atoms with Crippen LogP contribution in [-0.4, -0.2) is 15.9 Å². The summed E-state index contributed by atoms with van der Waals surface area (Å²) < 4.78 is 25.2. The van der Waals surface area contributed by atoms with E-state index in [1.165, 1.54) is 32.1 Å². The number of carbonyl (C=O) groups excluding carboxylic acids is 1. The Morgan fingerprint density at radius 2 is 1.73 bits per heavy atom. The molecule has 3 heterocycles. The van der Waals surface area contributed by atoms with Crippen molar-refractivity contribution in [3.05, 3.63) is 103 Å². The number of para-hydroxylation sites is 1. The maximum atomic E-state index is 13.2. The predicted octanol–water partition coefficient (Wildman–Crippen LogP) is 8.04. The molecular weight excluding hydrogens is 650 g/mol. The van der Waals surface area contributed by atoms with Gasteiger partial charge in [0.25, 0.3) is 0 Å². The average Bonchev–Trinajstić information content (AvgIpc) is 3.45. The van der Waals surface area contributed by atoms with E-state index in [0.717, 1.165) is 44.1 Å². The second-order valence-electron chi connectivity index (χ2n) is 8.30. The molecule has 1 radical (unpaired) electrons. The van der Waals surface area contributed by atoms with Gasteiger partial charge in [-0.1, -0.05) is 41.3 Å². The zero-order valence-electron chi connectivity index (χ0n) is 19.9. The summed E-state index contributed by atoms with van der Waals surface area (Å²) in [6.07, 6.45) is 1.17. The monoisotopic (exact) mass is 671 g/mol. The SMILES string of the molecule is CC(=O)/C=C(/C)O.Fc1ccc(-c2cc3ccc(-c4[c-]ccc5c4oc4ccccc45)nc3o2)cc1.[Ir]. The van der Waals surface area contributed by atoms with Gasteiger partial charge in [0.2, 0.25) is 5.71 Å². The smallest absolute Gasteiger partial charge is 0.217 e. The van der Waals surface area contributed by atoms with Gasteiger partial charge in [0.1, 0.15) is 17.2 Å². The maximum absolute atomic E-state index is 13.2. The molecule has 5 nitrogen and oxygen atoms in total. The Morgan fingerprint density at radius 1 is 0.973 bits per heavy atom. The molecule has 0 amide bonds. The second kappa shape index (κ2) is 10.9. The molecule has 0 unspecified atom stereocenters. The number of rotatable bonds is 3. The first-order chi connectivity index (χ1) is 17.4. The van der Waals surface area contributed by atoms with E-state index in [0.29, 0.717) is 11.5 Å². The second-order valence-corrected chi connectivity index (χ2v) is 8.30. The number of pyridine rings is 1. The van der Waals surface area contributed by atoms with Crippen molar-refractivity contribution in [1.82, 2.24) is 4.98 Å². The standard InChI is InChI=1S/C25H13FNO2.C5H8O2.Ir/c26-17-11-8-15(9-12-17)23-14-16-10-13-21(27-25(16)29-23)20-6-3-5-19-18-4-1-2-7-22(18)28-24(19)20;1-4(6)3-5(2)7;/h1-5,7-14H;3,6H,1-2H3;/q-1;;/b;4-3-;. The topological polar surface area (TPSA) is 76.5 Å². The van der Waals surface area contributed by atoms with Crippen LogP contribution in [0, 0.1) is 11.9 Å². The van der Waals surface area contributed by atoms with E-state index < -0.39 is 0 Å². The Morgan fingerprint density at radius 3 is 2.43 bits per heavy atom. The first-order valence-electron chi connectivity index (χ1n) is 11.3. The summed E-state index contributed by atoms with van der Waals surface area (Å²) in [6.45, 7) is 2.85. The fraction of sp³-hybridized carbons (Fsp3) is 0.0667. The first kappa shape index (κ1) is 26.0. The van der Waals surface area contributed by atoms with Crippen molar-refractivity contribution in [1.29, 1.82) is 0 Å². The van der Waals surface area contributed by atoms with Crippen LogP contribution >= 0.6 is 0 Å². The minimum atomic E-state index is -0.278. The Bertz CT molecular complexity index is 1750. The van der Waals surface area contributed by atoms with Crippen LogP contribution in [0.25, 0.3) is 55.6 Å². The quantitative estimate of drug-likeness (QED) is 0.117. The van der Waals surface area contributed by atoms with Gasteiger partial charge in [0, 0.05) is 42.5 Å². The van der Waals surface area contributed by atoms with Crippen molar-refractivity contribution in [2.24, 2.45) is 0 Å². The number of allylic oxidation sites excluding steroid dienone is 2. The van der Waals surface area contributed by atoms with E-state index in [-0.39, 0.29) is 37.5 Å². The first-order valence-corrected chi connectivity index (χ1v) is 11.3. The van der Waals surface area contributed by atoms with E-state index in [1.807, 2.05) is 54.6 Å². The molecule has 0 aliphatic rings. The van der Waals surface area contributed by atoms with Crippen LogP contribution in [0.1, 0.15) is 13.8 Å². The molecule has 0 fully saturated rings. The third-order valence-corrected chi connectivity index (χ3v) is 5.52. The molecule has 0 aliphatic carbocycles. The van der Waals surface area contributed by atoms with Crippen molar-refractivity contribution in [2.45, 2.75) is 13.8 Å². The van der Waals surface area contributed by atoms with Crippen molar-refractivity contribution in [3.63, 3.8) is 0 Å². The summed E-state index contributed by atoms with van der Waals surface area (Å²) in [5.41, 5.74) is 4.43. The minimum Gasteiger partial charge on any atom is -0.512 e. The van der Waals surface area contributed by atoms with Crippen LogP contribution < -0.4 is 0 Å². The Hall–Kier alpha value is -4.06. The molecule has 0 spiro atoms. The molecule has 37 heavy (non-hydrogen) atoms. The zero-order valence-corrected chi connectivity index (χ0v) is 22.3. The fourth-order valence-electron chi connectivity index (χ4n) is 3.99. The Balaban J connectivity index is 0.000000356. The molecule has 0 bridgehead atoms. The molecule has 0 aliphatic heterocycles. The molecule has 0 saturated carbocycles. The van der Waals surface area contributed by atoms with Gasteiger partial charge in [-0.05, 0) is 55.9 Å². The van der Waals surface area contributed by atoms with Gasteiger partial charge in [-0.25, -0.2) is 4.39 Å². The number of aliphatic hydroxyl groups is 1. The van der Waals surface area contributed by atoms with E-state index in [2.05, 4.69) is 6.07 Å². The van der Waals surface area contributed by atoms with Crippen molar-refractivity contribution < 1.29 is 43.2 Å². The summed E-state index contributed by atoms with van der Waals surface area (Å²) in [4.78, 5) is 14.7. The molecule has 0 atom stereocenters. The minimum absolute atomic E-state index is 0. The third-order valence-electron chi connectivity index (χ3n) is 5.52. The predicted molar refractivity (Wildman–Crippen MR) is 138 cm³/mol. The number of halogens is 1. The van der Waals surface area contributed by atoms with Crippen LogP contribution in [0.3, 0.4) is 0 Å². The number of ketones is 1. The molecule has 187 valence electrons.